The summed E-state index contributed by atoms with van der Waals surface area (Å²) in [7, 11) is 0. The highest BCUT2D eigenvalue weighted by Gasteiger charge is 2.37. The second-order valence-electron chi connectivity index (χ2n) is 7.98. The van der Waals surface area contributed by atoms with E-state index in [-0.39, 0.29) is 0 Å². The summed E-state index contributed by atoms with van der Waals surface area (Å²) in [5.74, 6) is 3.50. The minimum Gasteiger partial charge on any atom is -0.311 e. The molecule has 2 nitrogen and oxygen atoms in total. The molecular weight excluding hydrogens is 276 g/mol. The molecule has 3 heteroatoms. The monoisotopic (exact) mass is 312 g/mol. The highest BCUT2D eigenvalue weighted by molar-refractivity contribution is 7.99. The number of hydrogen-bond acceptors (Lipinski definition) is 3. The van der Waals surface area contributed by atoms with Crippen molar-refractivity contribution in [2.75, 3.05) is 31.1 Å². The van der Waals surface area contributed by atoms with Crippen LogP contribution in [-0.4, -0.2) is 48.1 Å². The van der Waals surface area contributed by atoms with Crippen molar-refractivity contribution in [3.8, 4) is 0 Å². The lowest BCUT2D eigenvalue weighted by molar-refractivity contribution is 0.0491. The Morgan fingerprint density at radius 3 is 2.48 bits per heavy atom. The van der Waals surface area contributed by atoms with Gasteiger partial charge in [0.15, 0.2) is 0 Å². The number of thioether (sulfide) groups is 1. The fourth-order valence-corrected chi connectivity index (χ4v) is 4.63. The highest BCUT2D eigenvalue weighted by Crippen LogP contribution is 2.32. The molecule has 0 spiro atoms. The standard InChI is InChI=1S/C18H36N2S/c1-5-21-12-11-20-14-17(18(2,3)4)19-13-16(20)15-9-7-6-8-10-15/h15-17,19H,5-14H2,1-4H3. The van der Waals surface area contributed by atoms with E-state index in [1.165, 1.54) is 63.2 Å². The zero-order chi connectivity index (χ0) is 15.3. The van der Waals surface area contributed by atoms with E-state index in [1.54, 1.807) is 0 Å². The third-order valence-corrected chi connectivity index (χ3v) is 6.31. The van der Waals surface area contributed by atoms with Gasteiger partial charge in [0.25, 0.3) is 0 Å². The van der Waals surface area contributed by atoms with Gasteiger partial charge in [-0.2, -0.15) is 11.8 Å². The van der Waals surface area contributed by atoms with E-state index in [0.717, 1.165) is 12.0 Å². The Bertz CT molecular complexity index is 294. The molecular formula is C18H36N2S. The number of nitrogens with zero attached hydrogens (tertiary/aromatic N) is 1. The Morgan fingerprint density at radius 2 is 1.86 bits per heavy atom. The molecule has 124 valence electrons. The zero-order valence-electron chi connectivity index (χ0n) is 14.7. The summed E-state index contributed by atoms with van der Waals surface area (Å²) in [5.41, 5.74) is 0.369. The van der Waals surface area contributed by atoms with Gasteiger partial charge in [-0.25, -0.2) is 0 Å². The molecule has 0 radical (unpaired) electrons. The lowest BCUT2D eigenvalue weighted by atomic mass is 9.79. The van der Waals surface area contributed by atoms with Crippen LogP contribution in [0, 0.1) is 11.3 Å². The Balaban J connectivity index is 1.97. The van der Waals surface area contributed by atoms with E-state index < -0.39 is 0 Å². The van der Waals surface area contributed by atoms with Crippen molar-refractivity contribution in [1.82, 2.24) is 10.2 Å². The fourth-order valence-electron chi connectivity index (χ4n) is 3.97. The summed E-state index contributed by atoms with van der Waals surface area (Å²) in [6.45, 7) is 13.2. The van der Waals surface area contributed by atoms with E-state index in [0.29, 0.717) is 11.5 Å². The Kier molecular flexibility index (Phi) is 6.89. The molecule has 1 aliphatic heterocycles. The van der Waals surface area contributed by atoms with Gasteiger partial charge in [0.1, 0.15) is 0 Å². The van der Waals surface area contributed by atoms with Gasteiger partial charge in [-0.3, -0.25) is 4.90 Å². The lowest BCUT2D eigenvalue weighted by Gasteiger charge is -2.48. The van der Waals surface area contributed by atoms with E-state index >= 15 is 0 Å². The van der Waals surface area contributed by atoms with Gasteiger partial charge < -0.3 is 5.32 Å². The van der Waals surface area contributed by atoms with Gasteiger partial charge in [0.05, 0.1) is 0 Å². The second kappa shape index (κ2) is 8.21. The average molecular weight is 313 g/mol. The molecule has 0 aromatic carbocycles. The topological polar surface area (TPSA) is 15.3 Å². The van der Waals surface area contributed by atoms with Gasteiger partial charge in [0.2, 0.25) is 0 Å². The molecule has 2 fully saturated rings. The number of nitrogens with one attached hydrogen (secondary N) is 1. The predicted octanol–water partition coefficient (Wildman–Crippen LogP) is 4.01. The van der Waals surface area contributed by atoms with Gasteiger partial charge in [-0.1, -0.05) is 47.0 Å². The molecule has 0 aromatic heterocycles. The smallest absolute Gasteiger partial charge is 0.0249 e. The van der Waals surface area contributed by atoms with E-state index in [4.69, 9.17) is 0 Å². The van der Waals surface area contributed by atoms with E-state index in [2.05, 4.69) is 49.7 Å². The first-order chi connectivity index (χ1) is 10.0. The summed E-state index contributed by atoms with van der Waals surface area (Å²) in [5, 5.41) is 3.88. The molecule has 2 rings (SSSR count). The van der Waals surface area contributed by atoms with Crippen LogP contribution >= 0.6 is 11.8 Å². The van der Waals surface area contributed by atoms with Gasteiger partial charge in [0, 0.05) is 37.5 Å². The second-order valence-corrected chi connectivity index (χ2v) is 9.38. The quantitative estimate of drug-likeness (QED) is 0.772. The molecule has 21 heavy (non-hydrogen) atoms. The molecule has 0 aromatic rings. The first-order valence-corrected chi connectivity index (χ1v) is 10.2. The third kappa shape index (κ3) is 5.14. The SMILES string of the molecule is CCSCCN1CC(C(C)(C)C)NCC1C1CCCCC1. The summed E-state index contributed by atoms with van der Waals surface area (Å²) in [4.78, 5) is 2.84. The number of piperazine rings is 1. The maximum atomic E-state index is 3.88. The molecule has 2 aliphatic rings. The Morgan fingerprint density at radius 1 is 1.14 bits per heavy atom. The van der Waals surface area contributed by atoms with Crippen LogP contribution in [0.2, 0.25) is 0 Å². The van der Waals surface area contributed by atoms with Crippen molar-refractivity contribution in [2.24, 2.45) is 11.3 Å². The highest BCUT2D eigenvalue weighted by atomic mass is 32.2. The molecule has 1 aliphatic carbocycles. The Labute approximate surface area is 136 Å². The first kappa shape index (κ1) is 17.6. The normalized spacial score (nSPS) is 29.7. The average Bonchev–Trinajstić information content (AvgIpc) is 2.47. The van der Waals surface area contributed by atoms with Gasteiger partial charge in [-0.05, 0) is 29.9 Å². The van der Waals surface area contributed by atoms with Crippen LogP contribution < -0.4 is 5.32 Å². The van der Waals surface area contributed by atoms with Crippen LogP contribution in [0.3, 0.4) is 0 Å². The van der Waals surface area contributed by atoms with E-state index in [1.807, 2.05) is 0 Å². The molecule has 0 amide bonds. The maximum Gasteiger partial charge on any atom is 0.0249 e. The van der Waals surface area contributed by atoms with Crippen LogP contribution in [0.1, 0.15) is 59.8 Å². The summed E-state index contributed by atoms with van der Waals surface area (Å²) < 4.78 is 0. The molecule has 0 bridgehead atoms. The van der Waals surface area contributed by atoms with E-state index in [9.17, 15) is 0 Å². The van der Waals surface area contributed by atoms with Crippen molar-refractivity contribution in [3.05, 3.63) is 0 Å². The zero-order valence-corrected chi connectivity index (χ0v) is 15.5. The predicted molar refractivity (Wildman–Crippen MR) is 96.2 cm³/mol. The molecule has 1 saturated heterocycles. The van der Waals surface area contributed by atoms with Crippen LogP contribution in [0.15, 0.2) is 0 Å². The first-order valence-electron chi connectivity index (χ1n) is 9.07. The van der Waals surface area contributed by atoms with Crippen molar-refractivity contribution < 1.29 is 0 Å². The summed E-state index contributed by atoms with van der Waals surface area (Å²) in [6, 6.07) is 1.44. The molecule has 1 N–H and O–H groups in total. The number of rotatable bonds is 5. The lowest BCUT2D eigenvalue weighted by Crippen LogP contribution is -2.62. The maximum absolute atomic E-state index is 3.88. The summed E-state index contributed by atoms with van der Waals surface area (Å²) >= 11 is 2.10. The molecule has 2 atom stereocenters. The molecule has 1 saturated carbocycles. The minimum absolute atomic E-state index is 0.369. The van der Waals surface area contributed by atoms with Crippen molar-refractivity contribution in [1.29, 1.82) is 0 Å². The molecule has 2 unspecified atom stereocenters. The van der Waals surface area contributed by atoms with Crippen molar-refractivity contribution >= 4 is 11.8 Å². The van der Waals surface area contributed by atoms with Crippen LogP contribution in [-0.2, 0) is 0 Å². The third-order valence-electron chi connectivity index (χ3n) is 5.43. The van der Waals surface area contributed by atoms with Crippen LogP contribution in [0.4, 0.5) is 0 Å². The molecule has 1 heterocycles. The van der Waals surface area contributed by atoms with Crippen LogP contribution in [0.5, 0.6) is 0 Å². The van der Waals surface area contributed by atoms with Crippen molar-refractivity contribution in [2.45, 2.75) is 71.9 Å². The Hall–Kier alpha value is 0.270. The largest absolute Gasteiger partial charge is 0.311 e. The van der Waals surface area contributed by atoms with Gasteiger partial charge in [-0.15, -0.1) is 0 Å². The van der Waals surface area contributed by atoms with Gasteiger partial charge >= 0.3 is 0 Å². The number of hydrogen-bond donors (Lipinski definition) is 1. The minimum atomic E-state index is 0.369. The summed E-state index contributed by atoms with van der Waals surface area (Å²) in [6.07, 6.45) is 7.31. The van der Waals surface area contributed by atoms with Crippen molar-refractivity contribution in [3.63, 3.8) is 0 Å². The fraction of sp³-hybridized carbons (Fsp3) is 1.00. The van der Waals surface area contributed by atoms with Crippen LogP contribution in [0.25, 0.3) is 0 Å².